The van der Waals surface area contributed by atoms with E-state index in [1.165, 1.54) is 23.9 Å². The van der Waals surface area contributed by atoms with Gasteiger partial charge >= 0.3 is 0 Å². The standard InChI is InChI=1S/C16H13FO3S/c17-12-2-5-16(11(8-12)10-18)21-13-3-4-14-15(9-13)20-7-1-6-19-14/h2-5,8-10H,1,6-7H2. The number of fused-ring (bicyclic) bond motifs is 1. The van der Waals surface area contributed by atoms with Gasteiger partial charge in [0.15, 0.2) is 17.8 Å². The average Bonchev–Trinajstić information content (AvgIpc) is 2.74. The number of hydrogen-bond acceptors (Lipinski definition) is 4. The third kappa shape index (κ3) is 3.19. The largest absolute Gasteiger partial charge is 0.490 e. The van der Waals surface area contributed by atoms with Crippen LogP contribution in [0.3, 0.4) is 0 Å². The number of aldehydes is 1. The Kier molecular flexibility index (Phi) is 4.10. The Morgan fingerprint density at radius 3 is 2.67 bits per heavy atom. The van der Waals surface area contributed by atoms with Crippen LogP contribution < -0.4 is 9.47 Å². The Labute approximate surface area is 126 Å². The van der Waals surface area contributed by atoms with Gasteiger partial charge in [-0.1, -0.05) is 11.8 Å². The molecule has 0 spiro atoms. The van der Waals surface area contributed by atoms with E-state index in [4.69, 9.17) is 9.47 Å². The lowest BCUT2D eigenvalue weighted by Gasteiger charge is -2.10. The normalized spacial score (nSPS) is 13.6. The van der Waals surface area contributed by atoms with Crippen LogP contribution >= 0.6 is 11.8 Å². The lowest BCUT2D eigenvalue weighted by atomic mass is 10.2. The SMILES string of the molecule is O=Cc1cc(F)ccc1Sc1ccc2c(c1)OCCCO2. The highest BCUT2D eigenvalue weighted by molar-refractivity contribution is 7.99. The maximum Gasteiger partial charge on any atom is 0.162 e. The van der Waals surface area contributed by atoms with Gasteiger partial charge in [0.25, 0.3) is 0 Å². The highest BCUT2D eigenvalue weighted by Crippen LogP contribution is 2.37. The summed E-state index contributed by atoms with van der Waals surface area (Å²) in [5.74, 6) is 1.01. The Hall–Kier alpha value is -2.01. The van der Waals surface area contributed by atoms with Crippen LogP contribution in [0.5, 0.6) is 11.5 Å². The van der Waals surface area contributed by atoms with Crippen LogP contribution in [0.4, 0.5) is 4.39 Å². The first-order valence-corrected chi connectivity index (χ1v) is 7.40. The van der Waals surface area contributed by atoms with Gasteiger partial charge in [-0.25, -0.2) is 4.39 Å². The summed E-state index contributed by atoms with van der Waals surface area (Å²) in [4.78, 5) is 12.6. The average molecular weight is 304 g/mol. The van der Waals surface area contributed by atoms with Gasteiger partial charge in [0, 0.05) is 21.8 Å². The highest BCUT2D eigenvalue weighted by atomic mass is 32.2. The summed E-state index contributed by atoms with van der Waals surface area (Å²) in [5, 5.41) is 0. The van der Waals surface area contributed by atoms with Gasteiger partial charge < -0.3 is 9.47 Å². The summed E-state index contributed by atoms with van der Waals surface area (Å²) < 4.78 is 24.3. The molecule has 0 radical (unpaired) electrons. The molecule has 0 unspecified atom stereocenters. The number of ether oxygens (including phenoxy) is 2. The monoisotopic (exact) mass is 304 g/mol. The number of rotatable bonds is 3. The van der Waals surface area contributed by atoms with Gasteiger partial charge in [-0.05, 0) is 36.4 Å². The third-order valence-electron chi connectivity index (χ3n) is 3.05. The molecular weight excluding hydrogens is 291 g/mol. The van der Waals surface area contributed by atoms with Crippen LogP contribution in [-0.2, 0) is 0 Å². The Bertz CT molecular complexity index is 673. The van der Waals surface area contributed by atoms with Crippen molar-refractivity contribution >= 4 is 18.0 Å². The summed E-state index contributed by atoms with van der Waals surface area (Å²) in [5.41, 5.74) is 0.340. The van der Waals surface area contributed by atoms with Crippen molar-refractivity contribution in [2.45, 2.75) is 16.2 Å². The molecule has 0 saturated carbocycles. The topological polar surface area (TPSA) is 35.5 Å². The van der Waals surface area contributed by atoms with Crippen molar-refractivity contribution in [3.05, 3.63) is 47.8 Å². The number of hydrogen-bond donors (Lipinski definition) is 0. The van der Waals surface area contributed by atoms with Crippen molar-refractivity contribution in [1.82, 2.24) is 0 Å². The van der Waals surface area contributed by atoms with Crippen LogP contribution in [0.25, 0.3) is 0 Å². The van der Waals surface area contributed by atoms with Gasteiger partial charge in [-0.2, -0.15) is 0 Å². The fraction of sp³-hybridized carbons (Fsp3) is 0.188. The summed E-state index contributed by atoms with van der Waals surface area (Å²) in [6, 6.07) is 9.82. The van der Waals surface area contributed by atoms with Crippen molar-refractivity contribution in [1.29, 1.82) is 0 Å². The van der Waals surface area contributed by atoms with Crippen LogP contribution in [0.2, 0.25) is 0 Å². The minimum atomic E-state index is -0.417. The van der Waals surface area contributed by atoms with E-state index in [2.05, 4.69) is 0 Å². The first-order chi connectivity index (χ1) is 10.3. The van der Waals surface area contributed by atoms with E-state index in [0.717, 1.165) is 17.1 Å². The molecule has 1 aliphatic rings. The second-order valence-corrected chi connectivity index (χ2v) is 5.68. The molecule has 0 bridgehead atoms. The van der Waals surface area contributed by atoms with E-state index in [0.29, 0.717) is 35.7 Å². The summed E-state index contributed by atoms with van der Waals surface area (Å²) >= 11 is 1.39. The molecule has 1 aliphatic heterocycles. The van der Waals surface area contributed by atoms with Gasteiger partial charge in [-0.3, -0.25) is 4.79 Å². The zero-order chi connectivity index (χ0) is 14.7. The van der Waals surface area contributed by atoms with E-state index in [-0.39, 0.29) is 0 Å². The van der Waals surface area contributed by atoms with Crippen molar-refractivity contribution in [3.8, 4) is 11.5 Å². The fourth-order valence-electron chi connectivity index (χ4n) is 2.04. The van der Waals surface area contributed by atoms with Crippen molar-refractivity contribution in [2.75, 3.05) is 13.2 Å². The maximum absolute atomic E-state index is 13.1. The first-order valence-electron chi connectivity index (χ1n) is 6.58. The smallest absolute Gasteiger partial charge is 0.162 e. The van der Waals surface area contributed by atoms with E-state index in [9.17, 15) is 9.18 Å². The summed E-state index contributed by atoms with van der Waals surface area (Å²) in [6.45, 7) is 1.27. The molecule has 108 valence electrons. The lowest BCUT2D eigenvalue weighted by molar-refractivity contribution is 0.112. The molecule has 0 fully saturated rings. The highest BCUT2D eigenvalue weighted by Gasteiger charge is 2.12. The van der Waals surface area contributed by atoms with Crippen LogP contribution in [0.1, 0.15) is 16.8 Å². The molecular formula is C16H13FO3S. The zero-order valence-corrected chi connectivity index (χ0v) is 12.0. The quantitative estimate of drug-likeness (QED) is 0.804. The molecule has 0 atom stereocenters. The molecule has 0 amide bonds. The molecule has 2 aromatic carbocycles. The number of benzene rings is 2. The molecule has 21 heavy (non-hydrogen) atoms. The third-order valence-corrected chi connectivity index (χ3v) is 4.13. The van der Waals surface area contributed by atoms with Crippen LogP contribution in [0.15, 0.2) is 46.2 Å². The molecule has 3 nitrogen and oxygen atoms in total. The van der Waals surface area contributed by atoms with Crippen LogP contribution in [0, 0.1) is 5.82 Å². The second kappa shape index (κ2) is 6.18. The number of carbonyl (C=O) groups is 1. The van der Waals surface area contributed by atoms with E-state index in [1.807, 2.05) is 18.2 Å². The molecule has 0 N–H and O–H groups in total. The van der Waals surface area contributed by atoms with Gasteiger partial charge in [0.1, 0.15) is 5.82 Å². The number of carbonyl (C=O) groups excluding carboxylic acids is 1. The minimum absolute atomic E-state index is 0.340. The lowest BCUT2D eigenvalue weighted by Crippen LogP contribution is -1.97. The molecule has 1 heterocycles. The van der Waals surface area contributed by atoms with Gasteiger partial charge in [0.05, 0.1) is 13.2 Å². The summed E-state index contributed by atoms with van der Waals surface area (Å²) in [7, 11) is 0. The minimum Gasteiger partial charge on any atom is -0.490 e. The maximum atomic E-state index is 13.1. The van der Waals surface area contributed by atoms with Gasteiger partial charge in [-0.15, -0.1) is 0 Å². The van der Waals surface area contributed by atoms with Crippen LogP contribution in [-0.4, -0.2) is 19.5 Å². The van der Waals surface area contributed by atoms with Crippen molar-refractivity contribution < 1.29 is 18.7 Å². The molecule has 2 aromatic rings. The predicted octanol–water partition coefficient (Wildman–Crippen LogP) is 3.95. The van der Waals surface area contributed by atoms with Crippen molar-refractivity contribution in [3.63, 3.8) is 0 Å². The molecule has 0 aliphatic carbocycles. The summed E-state index contributed by atoms with van der Waals surface area (Å²) in [6.07, 6.45) is 1.51. The molecule has 3 rings (SSSR count). The fourth-order valence-corrected chi connectivity index (χ4v) is 2.96. The molecule has 5 heteroatoms. The Morgan fingerprint density at radius 1 is 1.05 bits per heavy atom. The number of halogens is 1. The Balaban J connectivity index is 1.88. The Morgan fingerprint density at radius 2 is 1.86 bits per heavy atom. The predicted molar refractivity (Wildman–Crippen MR) is 78.0 cm³/mol. The molecule has 0 saturated heterocycles. The second-order valence-electron chi connectivity index (χ2n) is 4.56. The van der Waals surface area contributed by atoms with E-state index < -0.39 is 5.82 Å². The first kappa shape index (κ1) is 13.9. The zero-order valence-electron chi connectivity index (χ0n) is 11.2. The van der Waals surface area contributed by atoms with E-state index >= 15 is 0 Å². The van der Waals surface area contributed by atoms with E-state index in [1.54, 1.807) is 6.07 Å². The van der Waals surface area contributed by atoms with Gasteiger partial charge in [0.2, 0.25) is 0 Å². The molecule has 0 aromatic heterocycles. The van der Waals surface area contributed by atoms with Crippen molar-refractivity contribution in [2.24, 2.45) is 0 Å².